The van der Waals surface area contributed by atoms with E-state index in [0.717, 1.165) is 12.8 Å². The Morgan fingerprint density at radius 1 is 1.40 bits per heavy atom. The van der Waals surface area contributed by atoms with Gasteiger partial charge in [-0.05, 0) is 49.8 Å². The number of hydrogen-bond acceptors (Lipinski definition) is 3. The predicted octanol–water partition coefficient (Wildman–Crippen LogP) is 3.00. The molecule has 5 heteroatoms. The van der Waals surface area contributed by atoms with Crippen molar-refractivity contribution in [1.82, 2.24) is 0 Å². The van der Waals surface area contributed by atoms with E-state index in [1.807, 2.05) is 6.07 Å². The van der Waals surface area contributed by atoms with Gasteiger partial charge in [-0.2, -0.15) is 5.26 Å². The second-order valence-corrected chi connectivity index (χ2v) is 5.24. The van der Waals surface area contributed by atoms with Crippen LogP contribution in [0.15, 0.2) is 18.2 Å². The largest absolute Gasteiger partial charge is 0.481 e. The molecule has 0 bridgehead atoms. The third-order valence-electron chi connectivity index (χ3n) is 3.88. The molecule has 1 saturated carbocycles. The molecule has 2 N–H and O–H groups in total. The smallest absolute Gasteiger partial charge is 0.306 e. The summed E-state index contributed by atoms with van der Waals surface area (Å²) in [6, 6.07) is 6.25. The van der Waals surface area contributed by atoms with Gasteiger partial charge in [-0.1, -0.05) is 0 Å². The lowest BCUT2D eigenvalue weighted by molar-refractivity contribution is -0.143. The van der Waals surface area contributed by atoms with Crippen molar-refractivity contribution in [3.05, 3.63) is 29.6 Å². The molecule has 0 amide bonds. The molecule has 1 aliphatic rings. The maximum absolute atomic E-state index is 13.7. The summed E-state index contributed by atoms with van der Waals surface area (Å²) in [6.45, 7) is 0.634. The summed E-state index contributed by atoms with van der Waals surface area (Å²) < 4.78 is 13.7. The Bertz CT molecular complexity index is 531. The van der Waals surface area contributed by atoms with E-state index < -0.39 is 11.8 Å². The van der Waals surface area contributed by atoms with Gasteiger partial charge in [0.1, 0.15) is 5.82 Å². The number of carboxylic acids is 1. The summed E-state index contributed by atoms with van der Waals surface area (Å²) in [5, 5.41) is 20.6. The Kier molecular flexibility index (Phi) is 4.57. The minimum absolute atomic E-state index is 0.224. The van der Waals surface area contributed by atoms with Gasteiger partial charge in [0.2, 0.25) is 0 Å². The lowest BCUT2D eigenvalue weighted by Crippen LogP contribution is -2.25. The molecule has 2 rings (SSSR count). The first-order valence-electron chi connectivity index (χ1n) is 6.76. The fourth-order valence-corrected chi connectivity index (χ4v) is 2.60. The molecule has 1 aromatic rings. The summed E-state index contributed by atoms with van der Waals surface area (Å²) in [7, 11) is 0. The van der Waals surface area contributed by atoms with E-state index >= 15 is 0 Å². The minimum atomic E-state index is -0.713. The third kappa shape index (κ3) is 3.47. The molecule has 0 aromatic heterocycles. The van der Waals surface area contributed by atoms with Gasteiger partial charge < -0.3 is 10.4 Å². The maximum atomic E-state index is 13.7. The van der Waals surface area contributed by atoms with E-state index in [9.17, 15) is 9.18 Å². The monoisotopic (exact) mass is 276 g/mol. The van der Waals surface area contributed by atoms with Crippen LogP contribution in [0.1, 0.15) is 31.2 Å². The van der Waals surface area contributed by atoms with Crippen molar-refractivity contribution in [2.45, 2.75) is 25.7 Å². The molecule has 0 heterocycles. The number of hydrogen-bond donors (Lipinski definition) is 2. The highest BCUT2D eigenvalue weighted by atomic mass is 19.1. The number of nitrogens with zero attached hydrogens (tertiary/aromatic N) is 1. The van der Waals surface area contributed by atoms with Crippen LogP contribution < -0.4 is 5.32 Å². The van der Waals surface area contributed by atoms with Crippen molar-refractivity contribution in [2.75, 3.05) is 11.9 Å². The Morgan fingerprint density at radius 3 is 2.65 bits per heavy atom. The second kappa shape index (κ2) is 6.38. The number of nitriles is 1. The molecule has 106 valence electrons. The zero-order chi connectivity index (χ0) is 14.5. The Labute approximate surface area is 117 Å². The highest BCUT2D eigenvalue weighted by Gasteiger charge is 2.25. The Morgan fingerprint density at radius 2 is 2.10 bits per heavy atom. The van der Waals surface area contributed by atoms with Crippen molar-refractivity contribution in [1.29, 1.82) is 5.26 Å². The van der Waals surface area contributed by atoms with Gasteiger partial charge in [0.15, 0.2) is 0 Å². The van der Waals surface area contributed by atoms with E-state index in [4.69, 9.17) is 10.4 Å². The van der Waals surface area contributed by atoms with Crippen LogP contribution in [0.25, 0.3) is 0 Å². The molecular weight excluding hydrogens is 259 g/mol. The van der Waals surface area contributed by atoms with Crippen molar-refractivity contribution < 1.29 is 14.3 Å². The third-order valence-corrected chi connectivity index (χ3v) is 3.88. The van der Waals surface area contributed by atoms with Gasteiger partial charge in [0.05, 0.1) is 23.2 Å². The number of carboxylic acid groups (broad SMARTS) is 1. The number of nitrogens with one attached hydrogen (secondary N) is 1. The van der Waals surface area contributed by atoms with Crippen LogP contribution in [0, 0.1) is 29.0 Å². The first-order valence-corrected chi connectivity index (χ1v) is 6.76. The number of benzene rings is 1. The van der Waals surface area contributed by atoms with Crippen molar-refractivity contribution in [2.24, 2.45) is 11.8 Å². The summed E-state index contributed by atoms with van der Waals surface area (Å²) in [5.74, 6) is -0.989. The molecule has 0 unspecified atom stereocenters. The second-order valence-electron chi connectivity index (χ2n) is 5.24. The molecule has 1 fully saturated rings. The summed E-state index contributed by atoms with van der Waals surface area (Å²) in [5.41, 5.74) is 0.694. The number of anilines is 1. The first kappa shape index (κ1) is 14.3. The minimum Gasteiger partial charge on any atom is -0.481 e. The van der Waals surface area contributed by atoms with Crippen LogP contribution >= 0.6 is 0 Å². The molecule has 0 atom stereocenters. The Balaban J connectivity index is 1.85. The van der Waals surface area contributed by atoms with Crippen LogP contribution in [0.4, 0.5) is 10.1 Å². The van der Waals surface area contributed by atoms with Gasteiger partial charge >= 0.3 is 5.97 Å². The molecule has 0 radical (unpaired) electrons. The number of rotatable bonds is 4. The normalized spacial score (nSPS) is 22.0. The van der Waals surface area contributed by atoms with E-state index in [1.165, 1.54) is 6.07 Å². The summed E-state index contributed by atoms with van der Waals surface area (Å²) in [4.78, 5) is 10.9. The molecule has 20 heavy (non-hydrogen) atoms. The molecule has 0 aliphatic heterocycles. The topological polar surface area (TPSA) is 73.1 Å². The quantitative estimate of drug-likeness (QED) is 0.886. The summed E-state index contributed by atoms with van der Waals surface area (Å²) >= 11 is 0. The first-order chi connectivity index (χ1) is 9.60. The van der Waals surface area contributed by atoms with Crippen LogP contribution in [0.2, 0.25) is 0 Å². The zero-order valence-electron chi connectivity index (χ0n) is 11.1. The van der Waals surface area contributed by atoms with Gasteiger partial charge in [-0.3, -0.25) is 4.79 Å². The van der Waals surface area contributed by atoms with E-state index in [2.05, 4.69) is 5.32 Å². The van der Waals surface area contributed by atoms with Gasteiger partial charge in [-0.15, -0.1) is 0 Å². The van der Waals surface area contributed by atoms with Crippen LogP contribution in [0.3, 0.4) is 0 Å². The Hall–Kier alpha value is -2.09. The van der Waals surface area contributed by atoms with Crippen molar-refractivity contribution in [3.8, 4) is 6.07 Å². The fraction of sp³-hybridized carbons (Fsp3) is 0.467. The van der Waals surface area contributed by atoms with Gasteiger partial charge in [-0.25, -0.2) is 4.39 Å². The fourth-order valence-electron chi connectivity index (χ4n) is 2.60. The van der Waals surface area contributed by atoms with E-state index in [1.54, 1.807) is 12.1 Å². The van der Waals surface area contributed by atoms with Crippen molar-refractivity contribution >= 4 is 11.7 Å². The number of carbonyl (C=O) groups is 1. The van der Waals surface area contributed by atoms with Crippen LogP contribution in [-0.2, 0) is 4.79 Å². The average Bonchev–Trinajstić information content (AvgIpc) is 2.46. The molecule has 4 nitrogen and oxygen atoms in total. The van der Waals surface area contributed by atoms with Crippen molar-refractivity contribution in [3.63, 3.8) is 0 Å². The van der Waals surface area contributed by atoms with Crippen LogP contribution in [0.5, 0.6) is 0 Å². The van der Waals surface area contributed by atoms with E-state index in [-0.39, 0.29) is 5.92 Å². The van der Waals surface area contributed by atoms with Gasteiger partial charge in [0.25, 0.3) is 0 Å². The maximum Gasteiger partial charge on any atom is 0.306 e. The molecule has 1 aromatic carbocycles. The zero-order valence-corrected chi connectivity index (χ0v) is 11.1. The lowest BCUT2D eigenvalue weighted by Gasteiger charge is -2.26. The molecule has 1 aliphatic carbocycles. The standard InChI is InChI=1S/C15H17FN2O2/c16-13-7-11(8-17)3-6-14(13)18-9-10-1-4-12(5-2-10)15(19)20/h3,6-7,10,12,18H,1-2,4-5,9H2,(H,19,20). The number of aliphatic carboxylic acids is 1. The highest BCUT2D eigenvalue weighted by Crippen LogP contribution is 2.29. The van der Waals surface area contributed by atoms with E-state index in [0.29, 0.717) is 36.6 Å². The molecular formula is C15H17FN2O2. The molecule has 0 saturated heterocycles. The lowest BCUT2D eigenvalue weighted by atomic mass is 9.82. The number of halogens is 1. The SMILES string of the molecule is N#Cc1ccc(NCC2CCC(C(=O)O)CC2)c(F)c1. The van der Waals surface area contributed by atoms with Gasteiger partial charge in [0, 0.05) is 6.54 Å². The molecule has 0 spiro atoms. The van der Waals surface area contributed by atoms with Crippen LogP contribution in [-0.4, -0.2) is 17.6 Å². The highest BCUT2D eigenvalue weighted by molar-refractivity contribution is 5.70. The predicted molar refractivity (Wildman–Crippen MR) is 72.7 cm³/mol. The average molecular weight is 276 g/mol. The summed E-state index contributed by atoms with van der Waals surface area (Å²) in [6.07, 6.45) is 3.08.